The topological polar surface area (TPSA) is 88.5 Å². The molecule has 1 aromatic heterocycles. The number of rotatable bonds is 5. The Morgan fingerprint density at radius 3 is 2.27 bits per heavy atom. The molecule has 1 amide bonds. The number of aliphatic carboxylic acids is 1. The van der Waals surface area contributed by atoms with E-state index in [1.54, 1.807) is 0 Å². The molecule has 0 fully saturated rings. The molecule has 0 aliphatic heterocycles. The monoisotopic (exact) mass is 450 g/mol. The number of carbonyl (C=O) groups is 2. The number of nitrogens with one attached hydrogen (secondary N) is 1. The molecule has 30 heavy (non-hydrogen) atoms. The minimum atomic E-state index is -4.27. The van der Waals surface area contributed by atoms with Crippen molar-refractivity contribution in [1.29, 1.82) is 0 Å². The number of hydrogen-bond acceptors (Lipinski definition) is 5. The van der Waals surface area contributed by atoms with Crippen LogP contribution >= 0.6 is 22.9 Å². The van der Waals surface area contributed by atoms with Gasteiger partial charge in [0.25, 0.3) is 0 Å². The Bertz CT molecular complexity index is 1110. The van der Waals surface area contributed by atoms with Gasteiger partial charge in [-0.15, -0.1) is 0 Å². The van der Waals surface area contributed by atoms with Crippen LogP contribution in [0.15, 0.2) is 48.5 Å². The van der Waals surface area contributed by atoms with Crippen molar-refractivity contribution in [3.05, 3.63) is 69.7 Å². The van der Waals surface area contributed by atoms with Gasteiger partial charge in [-0.3, -0.25) is 5.32 Å². The molecule has 10 heteroatoms. The quantitative estimate of drug-likeness (QED) is 0.548. The average molecular weight is 451 g/mol. The first kappa shape index (κ1) is 20.2. The summed E-state index contributed by atoms with van der Waals surface area (Å²) < 4.78 is 32.0. The van der Waals surface area contributed by atoms with Gasteiger partial charge in [0, 0.05) is 5.92 Å². The Hall–Kier alpha value is -3.04. The number of halogens is 3. The SMILES string of the molecule is O=C(Nc1nc(C(F)(F)C(=O)O)c(Cl)s1)OCC1c2ccccc2-c2ccccc21. The second-order valence-corrected chi connectivity index (χ2v) is 8.07. The maximum Gasteiger partial charge on any atom is 0.413 e. The number of carboxylic acids is 1. The van der Waals surface area contributed by atoms with E-state index in [0.29, 0.717) is 11.3 Å². The number of aromatic nitrogens is 1. The van der Waals surface area contributed by atoms with Crippen molar-refractivity contribution in [3.63, 3.8) is 0 Å². The van der Waals surface area contributed by atoms with Gasteiger partial charge in [0.2, 0.25) is 0 Å². The molecule has 4 rings (SSSR count). The van der Waals surface area contributed by atoms with Crippen LogP contribution in [-0.2, 0) is 15.5 Å². The molecule has 0 unspecified atom stereocenters. The highest BCUT2D eigenvalue weighted by Gasteiger charge is 2.46. The van der Waals surface area contributed by atoms with Gasteiger partial charge in [-0.05, 0) is 22.3 Å². The Morgan fingerprint density at radius 2 is 1.70 bits per heavy atom. The summed E-state index contributed by atoms with van der Waals surface area (Å²) >= 11 is 6.19. The van der Waals surface area contributed by atoms with Crippen LogP contribution in [0.25, 0.3) is 11.1 Å². The third kappa shape index (κ3) is 3.50. The zero-order valence-corrected chi connectivity index (χ0v) is 16.6. The Balaban J connectivity index is 1.47. The Kier molecular flexibility index (Phi) is 5.17. The molecule has 2 N–H and O–H groups in total. The van der Waals surface area contributed by atoms with Gasteiger partial charge < -0.3 is 9.84 Å². The summed E-state index contributed by atoms with van der Waals surface area (Å²) in [5.74, 6) is -6.83. The van der Waals surface area contributed by atoms with Crippen molar-refractivity contribution in [2.24, 2.45) is 0 Å². The summed E-state index contributed by atoms with van der Waals surface area (Å²) in [6.45, 7) is 0.0249. The van der Waals surface area contributed by atoms with E-state index in [-0.39, 0.29) is 17.7 Å². The molecule has 154 valence electrons. The Labute approximate surface area is 178 Å². The molecule has 2 aromatic carbocycles. The van der Waals surface area contributed by atoms with E-state index in [4.69, 9.17) is 21.4 Å². The molecule has 1 heterocycles. The van der Waals surface area contributed by atoms with Crippen molar-refractivity contribution in [1.82, 2.24) is 4.98 Å². The second-order valence-electron chi connectivity index (χ2n) is 6.47. The highest BCUT2D eigenvalue weighted by Crippen LogP contribution is 2.44. The number of carbonyl (C=O) groups excluding carboxylic acids is 1. The van der Waals surface area contributed by atoms with Crippen LogP contribution in [0.5, 0.6) is 0 Å². The number of hydrogen-bond donors (Lipinski definition) is 2. The number of anilines is 1. The first-order chi connectivity index (χ1) is 14.3. The minimum absolute atomic E-state index is 0.0249. The van der Waals surface area contributed by atoms with Gasteiger partial charge in [-0.1, -0.05) is 71.5 Å². The molecular formula is C20H13ClF2N2O4S. The molecule has 6 nitrogen and oxygen atoms in total. The maximum atomic E-state index is 13.6. The van der Waals surface area contributed by atoms with E-state index in [2.05, 4.69) is 10.3 Å². The summed E-state index contributed by atoms with van der Waals surface area (Å²) in [4.78, 5) is 26.3. The fraction of sp³-hybridized carbons (Fsp3) is 0.150. The number of benzene rings is 2. The van der Waals surface area contributed by atoms with E-state index in [1.807, 2.05) is 48.5 Å². The molecule has 1 aliphatic rings. The molecule has 1 aliphatic carbocycles. The number of alkyl halides is 2. The number of nitrogens with zero attached hydrogens (tertiary/aromatic N) is 1. The van der Waals surface area contributed by atoms with Crippen molar-refractivity contribution >= 4 is 40.1 Å². The highest BCUT2D eigenvalue weighted by atomic mass is 35.5. The molecule has 0 spiro atoms. The molecule has 0 saturated carbocycles. The standard InChI is InChI=1S/C20H13ClF2N2O4S/c21-16-15(20(22,23)17(26)27)24-18(30-16)25-19(28)29-9-14-12-7-3-1-5-10(12)11-6-2-4-8-13(11)14/h1-8,14H,9H2,(H,26,27)(H,24,25,28). The van der Waals surface area contributed by atoms with E-state index in [0.717, 1.165) is 22.3 Å². The van der Waals surface area contributed by atoms with Gasteiger partial charge in [-0.25, -0.2) is 14.6 Å². The van der Waals surface area contributed by atoms with Gasteiger partial charge in [-0.2, -0.15) is 8.78 Å². The summed E-state index contributed by atoms with van der Waals surface area (Å²) in [6.07, 6.45) is -0.910. The normalized spacial score (nSPS) is 12.9. The van der Waals surface area contributed by atoms with E-state index >= 15 is 0 Å². The van der Waals surface area contributed by atoms with Gasteiger partial charge >= 0.3 is 18.0 Å². The molecule has 0 radical (unpaired) electrons. The zero-order chi connectivity index (χ0) is 21.5. The fourth-order valence-corrected chi connectivity index (χ4v) is 4.46. The van der Waals surface area contributed by atoms with E-state index in [9.17, 15) is 18.4 Å². The number of ether oxygens (including phenoxy) is 1. The summed E-state index contributed by atoms with van der Waals surface area (Å²) in [5.41, 5.74) is 3.04. The van der Waals surface area contributed by atoms with Gasteiger partial charge in [0.1, 0.15) is 10.9 Å². The molecule has 0 bridgehead atoms. The molecule has 3 aromatic rings. The van der Waals surface area contributed by atoms with Crippen LogP contribution in [-0.4, -0.2) is 28.8 Å². The van der Waals surface area contributed by atoms with E-state index < -0.39 is 28.0 Å². The first-order valence-corrected chi connectivity index (χ1v) is 9.88. The number of fused-ring (bicyclic) bond motifs is 3. The van der Waals surface area contributed by atoms with Crippen LogP contribution in [0.3, 0.4) is 0 Å². The first-order valence-electron chi connectivity index (χ1n) is 8.69. The zero-order valence-electron chi connectivity index (χ0n) is 15.1. The summed E-state index contributed by atoms with van der Waals surface area (Å²) in [7, 11) is 0. The summed E-state index contributed by atoms with van der Waals surface area (Å²) in [6, 6.07) is 15.6. The van der Waals surface area contributed by atoms with Gasteiger partial charge in [0.05, 0.1) is 0 Å². The van der Waals surface area contributed by atoms with Crippen LogP contribution in [0.1, 0.15) is 22.7 Å². The fourth-order valence-electron chi connectivity index (χ4n) is 3.37. The second kappa shape index (κ2) is 7.66. The summed E-state index contributed by atoms with van der Waals surface area (Å²) in [5, 5.41) is 10.6. The lowest BCUT2D eigenvalue weighted by molar-refractivity contribution is -0.166. The predicted molar refractivity (Wildman–Crippen MR) is 107 cm³/mol. The predicted octanol–water partition coefficient (Wildman–Crippen LogP) is 5.33. The van der Waals surface area contributed by atoms with Crippen LogP contribution in [0.2, 0.25) is 4.34 Å². The largest absolute Gasteiger partial charge is 0.476 e. The third-order valence-corrected chi connectivity index (χ3v) is 5.87. The lowest BCUT2D eigenvalue weighted by atomic mass is 9.98. The number of amides is 1. The van der Waals surface area contributed by atoms with Crippen LogP contribution in [0, 0.1) is 0 Å². The number of carboxylic acid groups (broad SMARTS) is 1. The van der Waals surface area contributed by atoms with Crippen molar-refractivity contribution in [2.45, 2.75) is 11.8 Å². The smallest absolute Gasteiger partial charge is 0.413 e. The lowest BCUT2D eigenvalue weighted by Gasteiger charge is -2.14. The molecular weight excluding hydrogens is 438 g/mol. The lowest BCUT2D eigenvalue weighted by Crippen LogP contribution is -2.26. The molecule has 0 saturated heterocycles. The maximum absolute atomic E-state index is 13.6. The van der Waals surface area contributed by atoms with Crippen molar-refractivity contribution < 1.29 is 28.2 Å². The van der Waals surface area contributed by atoms with Crippen LogP contribution < -0.4 is 5.32 Å². The average Bonchev–Trinajstić information content (AvgIpc) is 3.24. The molecule has 0 atom stereocenters. The van der Waals surface area contributed by atoms with Crippen molar-refractivity contribution in [2.75, 3.05) is 11.9 Å². The Morgan fingerprint density at radius 1 is 1.13 bits per heavy atom. The highest BCUT2D eigenvalue weighted by molar-refractivity contribution is 7.19. The number of thiazole rings is 1. The van der Waals surface area contributed by atoms with Crippen molar-refractivity contribution in [3.8, 4) is 11.1 Å². The third-order valence-electron chi connectivity index (χ3n) is 4.70. The van der Waals surface area contributed by atoms with Crippen LogP contribution in [0.4, 0.5) is 18.7 Å². The van der Waals surface area contributed by atoms with E-state index in [1.165, 1.54) is 0 Å². The van der Waals surface area contributed by atoms with Gasteiger partial charge in [0.15, 0.2) is 10.8 Å². The minimum Gasteiger partial charge on any atom is -0.476 e.